The van der Waals surface area contributed by atoms with Gasteiger partial charge in [-0.25, -0.2) is 4.79 Å². The molecular weight excluding hydrogens is 272 g/mol. The lowest BCUT2D eigenvalue weighted by Gasteiger charge is -2.31. The van der Waals surface area contributed by atoms with Crippen molar-refractivity contribution in [3.05, 3.63) is 35.9 Å². The summed E-state index contributed by atoms with van der Waals surface area (Å²) in [6, 6.07) is 8.90. The highest BCUT2D eigenvalue weighted by molar-refractivity contribution is 5.71. The standard InChI is InChI=1S/C15H20N2O4/c16-12-6-11(14(18)19)7-13(8-12)17-15(20)21-9-10-4-2-1-3-5-10/h1-5,11-13H,6-9,16H2,(H,17,20)(H,18,19)/t11-,12+,13-/m0/s1. The van der Waals surface area contributed by atoms with Crippen LogP contribution in [0.2, 0.25) is 0 Å². The fraction of sp³-hybridized carbons (Fsp3) is 0.467. The zero-order valence-corrected chi connectivity index (χ0v) is 11.7. The number of rotatable bonds is 4. The van der Waals surface area contributed by atoms with Crippen molar-refractivity contribution in [2.45, 2.75) is 38.0 Å². The average molecular weight is 292 g/mol. The predicted octanol–water partition coefficient (Wildman–Crippen LogP) is 1.49. The van der Waals surface area contributed by atoms with Crippen LogP contribution in [0, 0.1) is 5.92 Å². The highest BCUT2D eigenvalue weighted by Gasteiger charge is 2.32. The Kier molecular flexibility index (Phi) is 5.16. The van der Waals surface area contributed by atoms with E-state index in [-0.39, 0.29) is 18.7 Å². The summed E-state index contributed by atoms with van der Waals surface area (Å²) in [5, 5.41) is 11.8. The number of amides is 1. The number of nitrogens with one attached hydrogen (secondary N) is 1. The van der Waals surface area contributed by atoms with Gasteiger partial charge in [0.25, 0.3) is 0 Å². The van der Waals surface area contributed by atoms with Gasteiger partial charge in [0.15, 0.2) is 0 Å². The lowest BCUT2D eigenvalue weighted by atomic mass is 9.83. The first kappa shape index (κ1) is 15.3. The molecule has 1 amide bonds. The van der Waals surface area contributed by atoms with E-state index in [4.69, 9.17) is 15.6 Å². The van der Waals surface area contributed by atoms with Crippen molar-refractivity contribution in [1.29, 1.82) is 0 Å². The molecule has 0 saturated heterocycles. The second-order valence-electron chi connectivity index (χ2n) is 5.41. The SMILES string of the molecule is N[C@H]1C[C@@H](NC(=O)OCc2ccccc2)C[C@@H](C(=O)O)C1. The summed E-state index contributed by atoms with van der Waals surface area (Å²) >= 11 is 0. The molecule has 0 spiro atoms. The Morgan fingerprint density at radius 2 is 1.95 bits per heavy atom. The van der Waals surface area contributed by atoms with Gasteiger partial charge < -0.3 is 20.9 Å². The molecule has 0 radical (unpaired) electrons. The third-order valence-corrected chi connectivity index (χ3v) is 3.63. The summed E-state index contributed by atoms with van der Waals surface area (Å²) in [5.74, 6) is -1.37. The Hall–Kier alpha value is -2.08. The molecule has 1 fully saturated rings. The summed E-state index contributed by atoms with van der Waals surface area (Å²) in [7, 11) is 0. The first-order valence-electron chi connectivity index (χ1n) is 7.00. The molecule has 0 heterocycles. The maximum absolute atomic E-state index is 11.7. The number of nitrogens with two attached hydrogens (primary N) is 1. The third-order valence-electron chi connectivity index (χ3n) is 3.63. The number of benzene rings is 1. The molecule has 6 heteroatoms. The highest BCUT2D eigenvalue weighted by atomic mass is 16.5. The maximum atomic E-state index is 11.7. The first-order chi connectivity index (χ1) is 10.0. The van der Waals surface area contributed by atoms with Crippen LogP contribution in [-0.4, -0.2) is 29.3 Å². The molecule has 1 aliphatic carbocycles. The van der Waals surface area contributed by atoms with Gasteiger partial charge in [-0.3, -0.25) is 4.79 Å². The monoisotopic (exact) mass is 292 g/mol. The Balaban J connectivity index is 1.80. The van der Waals surface area contributed by atoms with Crippen molar-refractivity contribution in [3.63, 3.8) is 0 Å². The Morgan fingerprint density at radius 1 is 1.24 bits per heavy atom. The molecule has 4 N–H and O–H groups in total. The van der Waals surface area contributed by atoms with Gasteiger partial charge in [0, 0.05) is 12.1 Å². The van der Waals surface area contributed by atoms with E-state index in [1.54, 1.807) is 0 Å². The van der Waals surface area contributed by atoms with Crippen LogP contribution in [-0.2, 0) is 16.1 Å². The smallest absolute Gasteiger partial charge is 0.407 e. The van der Waals surface area contributed by atoms with Crippen molar-refractivity contribution in [1.82, 2.24) is 5.32 Å². The van der Waals surface area contributed by atoms with Crippen molar-refractivity contribution >= 4 is 12.1 Å². The maximum Gasteiger partial charge on any atom is 0.407 e. The Bertz CT molecular complexity index is 492. The summed E-state index contributed by atoms with van der Waals surface area (Å²) in [6.45, 7) is 0.188. The fourth-order valence-corrected chi connectivity index (χ4v) is 2.61. The summed E-state index contributed by atoms with van der Waals surface area (Å²) < 4.78 is 5.12. The summed E-state index contributed by atoms with van der Waals surface area (Å²) in [6.07, 6.45) is 0.877. The van der Waals surface area contributed by atoms with Crippen LogP contribution >= 0.6 is 0 Å². The molecular formula is C15H20N2O4. The van der Waals surface area contributed by atoms with E-state index in [0.717, 1.165) is 5.56 Å². The quantitative estimate of drug-likeness (QED) is 0.780. The number of ether oxygens (including phenoxy) is 1. The second kappa shape index (κ2) is 7.08. The van der Waals surface area contributed by atoms with Crippen LogP contribution in [0.4, 0.5) is 4.79 Å². The van der Waals surface area contributed by atoms with E-state index in [9.17, 15) is 9.59 Å². The van der Waals surface area contributed by atoms with E-state index in [1.807, 2.05) is 30.3 Å². The predicted molar refractivity (Wildman–Crippen MR) is 76.5 cm³/mol. The van der Waals surface area contributed by atoms with Crippen molar-refractivity contribution in [3.8, 4) is 0 Å². The third kappa shape index (κ3) is 4.75. The van der Waals surface area contributed by atoms with Crippen LogP contribution < -0.4 is 11.1 Å². The van der Waals surface area contributed by atoms with Crippen molar-refractivity contribution in [2.75, 3.05) is 0 Å². The van der Waals surface area contributed by atoms with Gasteiger partial charge in [-0.2, -0.15) is 0 Å². The molecule has 0 aromatic heterocycles. The van der Waals surface area contributed by atoms with E-state index < -0.39 is 18.0 Å². The average Bonchev–Trinajstić information content (AvgIpc) is 2.45. The molecule has 114 valence electrons. The van der Waals surface area contributed by atoms with Crippen LogP contribution in [0.1, 0.15) is 24.8 Å². The molecule has 21 heavy (non-hydrogen) atoms. The molecule has 0 bridgehead atoms. The molecule has 2 rings (SSSR count). The molecule has 1 aromatic carbocycles. The number of hydrogen-bond acceptors (Lipinski definition) is 4. The van der Waals surface area contributed by atoms with Crippen LogP contribution in [0.15, 0.2) is 30.3 Å². The number of aliphatic carboxylic acids is 1. The number of carbonyl (C=O) groups is 2. The lowest BCUT2D eigenvalue weighted by molar-refractivity contribution is -0.143. The van der Waals surface area contributed by atoms with Crippen LogP contribution in [0.25, 0.3) is 0 Å². The van der Waals surface area contributed by atoms with E-state index in [0.29, 0.717) is 19.3 Å². The number of carbonyl (C=O) groups excluding carboxylic acids is 1. The van der Waals surface area contributed by atoms with Gasteiger partial charge in [-0.1, -0.05) is 30.3 Å². The van der Waals surface area contributed by atoms with Gasteiger partial charge in [0.1, 0.15) is 6.61 Å². The van der Waals surface area contributed by atoms with E-state index >= 15 is 0 Å². The topological polar surface area (TPSA) is 102 Å². The zero-order valence-electron chi connectivity index (χ0n) is 11.7. The number of carboxylic acids is 1. The number of carboxylic acid groups (broad SMARTS) is 1. The molecule has 6 nitrogen and oxygen atoms in total. The lowest BCUT2D eigenvalue weighted by Crippen LogP contribution is -2.46. The second-order valence-corrected chi connectivity index (χ2v) is 5.41. The van der Waals surface area contributed by atoms with Crippen molar-refractivity contribution < 1.29 is 19.4 Å². The molecule has 0 aliphatic heterocycles. The molecule has 3 atom stereocenters. The van der Waals surface area contributed by atoms with Gasteiger partial charge in [0.05, 0.1) is 5.92 Å². The Labute approximate surface area is 123 Å². The molecule has 1 aromatic rings. The molecule has 1 saturated carbocycles. The van der Waals surface area contributed by atoms with Gasteiger partial charge >= 0.3 is 12.1 Å². The van der Waals surface area contributed by atoms with E-state index in [2.05, 4.69) is 5.32 Å². The van der Waals surface area contributed by atoms with Crippen molar-refractivity contribution in [2.24, 2.45) is 11.7 Å². The fourth-order valence-electron chi connectivity index (χ4n) is 2.61. The Morgan fingerprint density at radius 3 is 2.62 bits per heavy atom. The number of alkyl carbamates (subject to hydrolysis) is 1. The van der Waals surface area contributed by atoms with Crippen LogP contribution in [0.3, 0.4) is 0 Å². The molecule has 0 unspecified atom stereocenters. The van der Waals surface area contributed by atoms with Crippen LogP contribution in [0.5, 0.6) is 0 Å². The minimum absolute atomic E-state index is 0.188. The van der Waals surface area contributed by atoms with Gasteiger partial charge in [-0.15, -0.1) is 0 Å². The largest absolute Gasteiger partial charge is 0.481 e. The first-order valence-corrected chi connectivity index (χ1v) is 7.00. The highest BCUT2D eigenvalue weighted by Crippen LogP contribution is 2.24. The summed E-state index contributed by atoms with van der Waals surface area (Å²) in [4.78, 5) is 22.8. The van der Waals surface area contributed by atoms with Gasteiger partial charge in [0.2, 0.25) is 0 Å². The summed E-state index contributed by atoms with van der Waals surface area (Å²) in [5.41, 5.74) is 6.74. The minimum Gasteiger partial charge on any atom is -0.481 e. The van der Waals surface area contributed by atoms with E-state index in [1.165, 1.54) is 0 Å². The van der Waals surface area contributed by atoms with Gasteiger partial charge in [-0.05, 0) is 24.8 Å². The number of hydrogen-bond donors (Lipinski definition) is 3. The normalized spacial score (nSPS) is 25.1. The molecule has 1 aliphatic rings. The minimum atomic E-state index is -0.866. The zero-order chi connectivity index (χ0) is 15.2.